The van der Waals surface area contributed by atoms with E-state index < -0.39 is 0 Å². The molecule has 2 fully saturated rings. The van der Waals surface area contributed by atoms with Crippen LogP contribution in [0, 0.1) is 0 Å². The van der Waals surface area contributed by atoms with Crippen molar-refractivity contribution in [1.82, 2.24) is 4.90 Å². The van der Waals surface area contributed by atoms with E-state index in [0.29, 0.717) is 6.04 Å². The summed E-state index contributed by atoms with van der Waals surface area (Å²) in [4.78, 5) is 2.39. The predicted octanol–water partition coefficient (Wildman–Crippen LogP) is 0.788. The van der Waals surface area contributed by atoms with Crippen LogP contribution in [-0.4, -0.2) is 48.5 Å². The average Bonchev–Trinajstić information content (AvgIpc) is 2.64. The highest BCUT2D eigenvalue weighted by molar-refractivity contribution is 5.19. The summed E-state index contributed by atoms with van der Waals surface area (Å²) in [6.45, 7) is 6.00. The number of hydrogen-bond acceptors (Lipinski definition) is 3. The first-order valence-electron chi connectivity index (χ1n) is 5.25. The molecule has 0 aromatic rings. The van der Waals surface area contributed by atoms with Crippen LogP contribution in [0.5, 0.6) is 0 Å². The van der Waals surface area contributed by atoms with E-state index in [1.807, 2.05) is 0 Å². The lowest BCUT2D eigenvalue weighted by molar-refractivity contribution is 0.0477. The molecular weight excluding hydrogens is 178 g/mol. The Kier molecular flexibility index (Phi) is 2.64. The average molecular weight is 197 g/mol. The lowest BCUT2D eigenvalue weighted by atomic mass is 9.94. The molecule has 0 amide bonds. The normalized spacial score (nSPS) is 37.9. The number of rotatable bonds is 3. The molecule has 0 saturated carbocycles. The van der Waals surface area contributed by atoms with E-state index in [9.17, 15) is 5.11 Å². The van der Waals surface area contributed by atoms with Crippen molar-refractivity contribution in [2.45, 2.75) is 30.8 Å². The van der Waals surface area contributed by atoms with Gasteiger partial charge < -0.3 is 9.84 Å². The van der Waals surface area contributed by atoms with Crippen molar-refractivity contribution >= 4 is 0 Å². The van der Waals surface area contributed by atoms with Gasteiger partial charge in [-0.1, -0.05) is 12.2 Å². The second-order valence-electron chi connectivity index (χ2n) is 4.58. The number of ether oxygens (including phenoxy) is 1. The van der Waals surface area contributed by atoms with Gasteiger partial charge >= 0.3 is 0 Å². The van der Waals surface area contributed by atoms with Crippen molar-refractivity contribution < 1.29 is 9.84 Å². The van der Waals surface area contributed by atoms with Gasteiger partial charge in [0.05, 0.1) is 13.2 Å². The minimum absolute atomic E-state index is 0.000278. The number of hydrogen-bond donors (Lipinski definition) is 1. The van der Waals surface area contributed by atoms with Crippen LogP contribution in [0.1, 0.15) is 19.3 Å². The molecular formula is C11H19NO2. The van der Waals surface area contributed by atoms with Gasteiger partial charge in [0.2, 0.25) is 0 Å². The summed E-state index contributed by atoms with van der Waals surface area (Å²) < 4.78 is 5.21. The second kappa shape index (κ2) is 3.65. The Bertz CT molecular complexity index is 241. The zero-order chi connectivity index (χ0) is 10.2. The summed E-state index contributed by atoms with van der Waals surface area (Å²) in [6.07, 6.45) is 3.18. The maximum absolute atomic E-state index is 9.51. The molecule has 1 N–H and O–H groups in total. The van der Waals surface area contributed by atoms with E-state index in [4.69, 9.17) is 4.74 Å². The van der Waals surface area contributed by atoms with Crippen molar-refractivity contribution in [2.75, 3.05) is 26.9 Å². The van der Waals surface area contributed by atoms with Gasteiger partial charge in [-0.3, -0.25) is 4.90 Å². The largest absolute Gasteiger partial charge is 0.394 e. The van der Waals surface area contributed by atoms with Gasteiger partial charge in [0.15, 0.2) is 0 Å². The van der Waals surface area contributed by atoms with Crippen molar-refractivity contribution in [1.29, 1.82) is 0 Å². The van der Waals surface area contributed by atoms with E-state index in [-0.39, 0.29) is 12.1 Å². The predicted molar refractivity (Wildman–Crippen MR) is 55.2 cm³/mol. The van der Waals surface area contributed by atoms with Gasteiger partial charge in [0, 0.05) is 25.2 Å². The number of aliphatic hydroxyl groups excluding tert-OH is 1. The van der Waals surface area contributed by atoms with E-state index >= 15 is 0 Å². The Morgan fingerprint density at radius 1 is 1.71 bits per heavy atom. The molecule has 0 bridgehead atoms. The molecule has 14 heavy (non-hydrogen) atoms. The Labute approximate surface area is 85.4 Å². The number of nitrogens with zero attached hydrogens (tertiary/aromatic N) is 1. The van der Waals surface area contributed by atoms with Crippen molar-refractivity contribution in [3.8, 4) is 0 Å². The number of methoxy groups -OCH3 is 1. The van der Waals surface area contributed by atoms with Crippen LogP contribution in [0.4, 0.5) is 0 Å². The summed E-state index contributed by atoms with van der Waals surface area (Å²) in [5.74, 6) is 0. The maximum Gasteiger partial charge on any atom is 0.0618 e. The first-order valence-corrected chi connectivity index (χ1v) is 5.25. The van der Waals surface area contributed by atoms with E-state index in [2.05, 4.69) is 11.5 Å². The van der Waals surface area contributed by atoms with Crippen LogP contribution in [0.25, 0.3) is 0 Å². The molecule has 1 unspecified atom stereocenters. The van der Waals surface area contributed by atoms with Gasteiger partial charge in [-0.25, -0.2) is 0 Å². The van der Waals surface area contributed by atoms with Gasteiger partial charge in [0.25, 0.3) is 0 Å². The zero-order valence-electron chi connectivity index (χ0n) is 8.83. The topological polar surface area (TPSA) is 32.7 Å². The highest BCUT2D eigenvalue weighted by atomic mass is 16.5. The Balaban J connectivity index is 2.13. The third-order valence-corrected chi connectivity index (χ3v) is 3.62. The summed E-state index contributed by atoms with van der Waals surface area (Å²) in [5, 5.41) is 9.51. The Morgan fingerprint density at radius 2 is 2.50 bits per heavy atom. The fourth-order valence-electron chi connectivity index (χ4n) is 2.96. The molecule has 2 aliphatic rings. The van der Waals surface area contributed by atoms with Gasteiger partial charge in [0.1, 0.15) is 0 Å². The molecule has 2 saturated heterocycles. The first kappa shape index (κ1) is 10.1. The van der Waals surface area contributed by atoms with E-state index in [0.717, 1.165) is 32.4 Å². The van der Waals surface area contributed by atoms with Crippen LogP contribution >= 0.6 is 0 Å². The number of aliphatic hydroxyl groups is 1. The summed E-state index contributed by atoms with van der Waals surface area (Å²) in [7, 11) is 1.74. The van der Waals surface area contributed by atoms with Crippen molar-refractivity contribution in [3.05, 3.63) is 12.2 Å². The van der Waals surface area contributed by atoms with Crippen LogP contribution in [0.2, 0.25) is 0 Å². The molecule has 2 rings (SSSR count). The van der Waals surface area contributed by atoms with Crippen molar-refractivity contribution in [2.24, 2.45) is 0 Å². The summed E-state index contributed by atoms with van der Waals surface area (Å²) >= 11 is 0. The van der Waals surface area contributed by atoms with Crippen LogP contribution in [0.15, 0.2) is 12.2 Å². The quantitative estimate of drug-likeness (QED) is 0.679. The molecule has 80 valence electrons. The van der Waals surface area contributed by atoms with Crippen LogP contribution in [0.3, 0.4) is 0 Å². The van der Waals surface area contributed by atoms with E-state index in [1.54, 1.807) is 7.11 Å². The molecule has 0 aromatic carbocycles. The minimum atomic E-state index is 0.000278. The number of fused-ring (bicyclic) bond motifs is 1. The SMILES string of the molecule is C=C1CN2[C@@H](COC)CCC2(CO)C1. The smallest absolute Gasteiger partial charge is 0.0618 e. The third kappa shape index (κ3) is 1.40. The molecule has 3 heteroatoms. The second-order valence-corrected chi connectivity index (χ2v) is 4.58. The molecule has 0 aliphatic carbocycles. The maximum atomic E-state index is 9.51. The van der Waals surface area contributed by atoms with Crippen LogP contribution < -0.4 is 0 Å². The molecule has 3 nitrogen and oxygen atoms in total. The molecule has 0 radical (unpaired) electrons. The summed E-state index contributed by atoms with van der Waals surface area (Å²) in [5.41, 5.74) is 1.25. The summed E-state index contributed by atoms with van der Waals surface area (Å²) in [6, 6.07) is 0.478. The highest BCUT2D eigenvalue weighted by Gasteiger charge is 2.49. The monoisotopic (exact) mass is 197 g/mol. The minimum Gasteiger partial charge on any atom is -0.394 e. The lowest BCUT2D eigenvalue weighted by Gasteiger charge is -2.32. The fraction of sp³-hybridized carbons (Fsp3) is 0.818. The van der Waals surface area contributed by atoms with E-state index in [1.165, 1.54) is 5.57 Å². The molecule has 2 atom stereocenters. The first-order chi connectivity index (χ1) is 6.72. The standard InChI is InChI=1S/C11H19NO2/c1-9-5-11(8-13)4-3-10(7-14-2)12(11)6-9/h10,13H,1,3-8H2,2H3/t10-,11?/m1/s1. The van der Waals surface area contributed by atoms with Gasteiger partial charge in [-0.2, -0.15) is 0 Å². The van der Waals surface area contributed by atoms with Crippen molar-refractivity contribution in [3.63, 3.8) is 0 Å². The highest BCUT2D eigenvalue weighted by Crippen LogP contribution is 2.43. The molecule has 0 spiro atoms. The van der Waals surface area contributed by atoms with Gasteiger partial charge in [-0.15, -0.1) is 0 Å². The lowest BCUT2D eigenvalue weighted by Crippen LogP contribution is -2.46. The Hall–Kier alpha value is -0.380. The zero-order valence-corrected chi connectivity index (χ0v) is 8.83. The third-order valence-electron chi connectivity index (χ3n) is 3.62. The fourth-order valence-corrected chi connectivity index (χ4v) is 2.96. The molecule has 2 aliphatic heterocycles. The van der Waals surface area contributed by atoms with Crippen LogP contribution in [-0.2, 0) is 4.74 Å². The van der Waals surface area contributed by atoms with Gasteiger partial charge in [-0.05, 0) is 19.3 Å². The Morgan fingerprint density at radius 3 is 3.14 bits per heavy atom. The molecule has 2 heterocycles. The molecule has 0 aromatic heterocycles.